The first kappa shape index (κ1) is 17.3. The van der Waals surface area contributed by atoms with Gasteiger partial charge in [0, 0.05) is 28.7 Å². The lowest BCUT2D eigenvalue weighted by Crippen LogP contribution is -2.37. The van der Waals surface area contributed by atoms with E-state index in [1.54, 1.807) is 0 Å². The lowest BCUT2D eigenvalue weighted by molar-refractivity contribution is 0.0898. The Bertz CT molecular complexity index is 847. The van der Waals surface area contributed by atoms with Crippen molar-refractivity contribution in [2.24, 2.45) is 5.92 Å². The van der Waals surface area contributed by atoms with Crippen LogP contribution in [-0.4, -0.2) is 34.6 Å². The number of fused-ring (bicyclic) bond motifs is 1. The molecule has 1 aliphatic heterocycles. The van der Waals surface area contributed by atoms with Crippen LogP contribution in [0.15, 0.2) is 54.6 Å². The summed E-state index contributed by atoms with van der Waals surface area (Å²) in [4.78, 5) is 5.83. The van der Waals surface area contributed by atoms with Gasteiger partial charge in [-0.25, -0.2) is 0 Å². The molecule has 0 saturated carbocycles. The zero-order chi connectivity index (χ0) is 17.9. The molecule has 2 heterocycles. The van der Waals surface area contributed by atoms with E-state index < -0.39 is 6.10 Å². The van der Waals surface area contributed by atoms with Crippen LogP contribution < -0.4 is 0 Å². The summed E-state index contributed by atoms with van der Waals surface area (Å²) in [6, 6.07) is 19.1. The predicted octanol–water partition coefficient (Wildman–Crippen LogP) is 4.46. The average Bonchev–Trinajstić information content (AvgIpc) is 3.00. The standard InChI is InChI=1S/C23H28N2O/c1-17-23(20-9-5-6-10-21(20)24-17)22(26)16-25-13-11-19(12-14-25)15-18-7-3-2-4-8-18/h2-10,19,22,24,26H,11-16H2,1H3. The van der Waals surface area contributed by atoms with Crippen molar-refractivity contribution in [1.82, 2.24) is 9.88 Å². The van der Waals surface area contributed by atoms with Crippen LogP contribution in [-0.2, 0) is 6.42 Å². The highest BCUT2D eigenvalue weighted by Crippen LogP contribution is 2.29. The molecule has 0 aliphatic carbocycles. The molecule has 2 N–H and O–H groups in total. The maximum Gasteiger partial charge on any atom is 0.0940 e. The van der Waals surface area contributed by atoms with Crippen molar-refractivity contribution in [2.45, 2.75) is 32.3 Å². The number of H-pyrrole nitrogens is 1. The van der Waals surface area contributed by atoms with Gasteiger partial charge < -0.3 is 15.0 Å². The number of rotatable bonds is 5. The van der Waals surface area contributed by atoms with Crippen LogP contribution in [0.4, 0.5) is 0 Å². The van der Waals surface area contributed by atoms with Crippen molar-refractivity contribution in [1.29, 1.82) is 0 Å². The second-order valence-electron chi connectivity index (χ2n) is 7.66. The Morgan fingerprint density at radius 3 is 2.50 bits per heavy atom. The number of piperidine rings is 1. The first-order valence-electron chi connectivity index (χ1n) is 9.72. The normalized spacial score (nSPS) is 17.6. The number of para-hydroxylation sites is 1. The van der Waals surface area contributed by atoms with Crippen molar-refractivity contribution in [2.75, 3.05) is 19.6 Å². The van der Waals surface area contributed by atoms with E-state index in [1.807, 2.05) is 12.1 Å². The Morgan fingerprint density at radius 1 is 1.04 bits per heavy atom. The van der Waals surface area contributed by atoms with Crippen LogP contribution in [0.25, 0.3) is 10.9 Å². The Balaban J connectivity index is 1.36. The first-order valence-corrected chi connectivity index (χ1v) is 9.72. The van der Waals surface area contributed by atoms with Gasteiger partial charge in [-0.3, -0.25) is 0 Å². The third kappa shape index (κ3) is 3.69. The number of likely N-dealkylation sites (tertiary alicyclic amines) is 1. The molecule has 1 aromatic heterocycles. The van der Waals surface area contributed by atoms with Crippen molar-refractivity contribution in [3.63, 3.8) is 0 Å². The Morgan fingerprint density at radius 2 is 1.73 bits per heavy atom. The molecule has 1 saturated heterocycles. The zero-order valence-corrected chi connectivity index (χ0v) is 15.5. The molecule has 1 atom stereocenters. The molecule has 3 aromatic rings. The van der Waals surface area contributed by atoms with Crippen LogP contribution in [0.3, 0.4) is 0 Å². The summed E-state index contributed by atoms with van der Waals surface area (Å²) in [6.45, 7) is 4.94. The number of aliphatic hydroxyl groups is 1. The number of hydrogen-bond donors (Lipinski definition) is 2. The maximum atomic E-state index is 10.9. The molecule has 2 aromatic carbocycles. The van der Waals surface area contributed by atoms with Crippen molar-refractivity contribution in [3.05, 3.63) is 71.4 Å². The summed E-state index contributed by atoms with van der Waals surface area (Å²) >= 11 is 0. The van der Waals surface area contributed by atoms with E-state index >= 15 is 0 Å². The number of aromatic amines is 1. The lowest BCUT2D eigenvalue weighted by Gasteiger charge is -2.33. The topological polar surface area (TPSA) is 39.3 Å². The van der Waals surface area contributed by atoms with Crippen molar-refractivity contribution in [3.8, 4) is 0 Å². The van der Waals surface area contributed by atoms with Gasteiger partial charge in [-0.2, -0.15) is 0 Å². The van der Waals surface area contributed by atoms with Crippen LogP contribution in [0.2, 0.25) is 0 Å². The van der Waals surface area contributed by atoms with Crippen molar-refractivity contribution < 1.29 is 5.11 Å². The van der Waals surface area contributed by atoms with Gasteiger partial charge in [0.1, 0.15) is 0 Å². The second kappa shape index (κ2) is 7.65. The van der Waals surface area contributed by atoms with Crippen LogP contribution in [0, 0.1) is 12.8 Å². The number of benzene rings is 2. The SMILES string of the molecule is Cc1[nH]c2ccccc2c1C(O)CN1CCC(Cc2ccccc2)CC1. The Kier molecular flexibility index (Phi) is 5.09. The molecule has 1 aliphatic rings. The molecule has 3 heteroatoms. The highest BCUT2D eigenvalue weighted by molar-refractivity contribution is 5.84. The number of aromatic nitrogens is 1. The van der Waals surface area contributed by atoms with Crippen LogP contribution >= 0.6 is 0 Å². The quantitative estimate of drug-likeness (QED) is 0.714. The van der Waals surface area contributed by atoms with Gasteiger partial charge in [0.05, 0.1) is 6.10 Å². The van der Waals surface area contributed by atoms with Gasteiger partial charge in [-0.15, -0.1) is 0 Å². The van der Waals surface area contributed by atoms with E-state index in [2.05, 4.69) is 59.3 Å². The molecule has 136 valence electrons. The highest BCUT2D eigenvalue weighted by atomic mass is 16.3. The smallest absolute Gasteiger partial charge is 0.0940 e. The minimum Gasteiger partial charge on any atom is -0.387 e. The monoisotopic (exact) mass is 348 g/mol. The molecule has 4 rings (SSSR count). The number of nitrogens with one attached hydrogen (secondary N) is 1. The summed E-state index contributed by atoms with van der Waals surface area (Å²) in [5.41, 5.74) is 4.70. The predicted molar refractivity (Wildman–Crippen MR) is 107 cm³/mol. The van der Waals surface area contributed by atoms with E-state index in [0.717, 1.165) is 47.7 Å². The first-order chi connectivity index (χ1) is 12.7. The van der Waals surface area contributed by atoms with E-state index in [0.29, 0.717) is 0 Å². The lowest BCUT2D eigenvalue weighted by atomic mass is 9.90. The van der Waals surface area contributed by atoms with E-state index in [1.165, 1.54) is 24.8 Å². The molecule has 0 radical (unpaired) electrons. The van der Waals surface area contributed by atoms with Gasteiger partial charge >= 0.3 is 0 Å². The van der Waals surface area contributed by atoms with Gasteiger partial charge in [0.25, 0.3) is 0 Å². The van der Waals surface area contributed by atoms with Crippen molar-refractivity contribution >= 4 is 10.9 Å². The van der Waals surface area contributed by atoms with Gasteiger partial charge in [-0.05, 0) is 56.8 Å². The van der Waals surface area contributed by atoms with Gasteiger partial charge in [-0.1, -0.05) is 48.5 Å². The number of aliphatic hydroxyl groups excluding tert-OH is 1. The third-order valence-corrected chi connectivity index (χ3v) is 5.78. The summed E-state index contributed by atoms with van der Waals surface area (Å²) in [6.07, 6.45) is 3.18. The summed E-state index contributed by atoms with van der Waals surface area (Å²) in [5.74, 6) is 0.764. The molecule has 3 nitrogen and oxygen atoms in total. The van der Waals surface area contributed by atoms with Gasteiger partial charge in [0.2, 0.25) is 0 Å². The molecule has 1 fully saturated rings. The van der Waals surface area contributed by atoms with E-state index in [9.17, 15) is 5.11 Å². The fourth-order valence-electron chi connectivity index (χ4n) is 4.38. The number of β-amino-alcohol motifs (C(OH)–C–C–N with tert-alkyl or cyclic N) is 1. The summed E-state index contributed by atoms with van der Waals surface area (Å²) < 4.78 is 0. The largest absolute Gasteiger partial charge is 0.387 e. The fourth-order valence-corrected chi connectivity index (χ4v) is 4.38. The van der Waals surface area contributed by atoms with E-state index in [-0.39, 0.29) is 0 Å². The number of hydrogen-bond acceptors (Lipinski definition) is 2. The molecular weight excluding hydrogens is 320 g/mol. The fraction of sp³-hybridized carbons (Fsp3) is 0.391. The molecule has 26 heavy (non-hydrogen) atoms. The number of aryl methyl sites for hydroxylation is 1. The average molecular weight is 348 g/mol. The Labute approximate surface area is 155 Å². The molecular formula is C23H28N2O. The molecule has 0 bridgehead atoms. The maximum absolute atomic E-state index is 10.9. The van der Waals surface area contributed by atoms with Crippen LogP contribution in [0.1, 0.15) is 35.8 Å². The van der Waals surface area contributed by atoms with Gasteiger partial charge in [0.15, 0.2) is 0 Å². The minimum atomic E-state index is -0.433. The molecule has 0 spiro atoms. The molecule has 1 unspecified atom stereocenters. The molecule has 0 amide bonds. The third-order valence-electron chi connectivity index (χ3n) is 5.78. The highest BCUT2D eigenvalue weighted by Gasteiger charge is 2.24. The summed E-state index contributed by atoms with van der Waals surface area (Å²) in [7, 11) is 0. The second-order valence-corrected chi connectivity index (χ2v) is 7.66. The summed E-state index contributed by atoms with van der Waals surface area (Å²) in [5, 5.41) is 12.0. The zero-order valence-electron chi connectivity index (χ0n) is 15.5. The van der Waals surface area contributed by atoms with Crippen LogP contribution in [0.5, 0.6) is 0 Å². The minimum absolute atomic E-state index is 0.433. The van der Waals surface area contributed by atoms with E-state index in [4.69, 9.17) is 0 Å². The number of nitrogens with zero attached hydrogens (tertiary/aromatic N) is 1. The Hall–Kier alpha value is -2.10.